The second kappa shape index (κ2) is 5.77. The van der Waals surface area contributed by atoms with Crippen LogP contribution in [0, 0.1) is 5.41 Å². The SMILES string of the molecule is CC(CCS(C)=O)NC(=O)C1(C)CCNC1. The van der Waals surface area contributed by atoms with Crippen LogP contribution in [0.3, 0.4) is 0 Å². The van der Waals surface area contributed by atoms with E-state index in [1.807, 2.05) is 13.8 Å². The first-order valence-corrected chi connectivity index (χ1v) is 7.48. The standard InChI is InChI=1S/C11H22N2O2S/c1-9(4-7-16(3)15)13-10(14)11(2)5-6-12-8-11/h9,12H,4-8H2,1-3H3,(H,13,14). The maximum absolute atomic E-state index is 12.0. The van der Waals surface area contributed by atoms with Crippen LogP contribution in [0.2, 0.25) is 0 Å². The van der Waals surface area contributed by atoms with E-state index in [0.29, 0.717) is 5.75 Å². The van der Waals surface area contributed by atoms with Crippen molar-refractivity contribution in [3.05, 3.63) is 0 Å². The van der Waals surface area contributed by atoms with E-state index in [1.165, 1.54) is 0 Å². The van der Waals surface area contributed by atoms with Crippen LogP contribution in [-0.2, 0) is 15.6 Å². The molecule has 0 bridgehead atoms. The first-order valence-electron chi connectivity index (χ1n) is 5.76. The average Bonchev–Trinajstić information content (AvgIpc) is 2.63. The molecule has 3 atom stereocenters. The molecule has 4 nitrogen and oxygen atoms in total. The monoisotopic (exact) mass is 246 g/mol. The topological polar surface area (TPSA) is 58.2 Å². The molecule has 0 spiro atoms. The fourth-order valence-electron chi connectivity index (χ4n) is 1.82. The molecular weight excluding hydrogens is 224 g/mol. The fourth-order valence-corrected chi connectivity index (χ4v) is 2.51. The van der Waals surface area contributed by atoms with Gasteiger partial charge >= 0.3 is 0 Å². The van der Waals surface area contributed by atoms with Gasteiger partial charge in [0, 0.05) is 35.4 Å². The molecule has 1 saturated heterocycles. The third kappa shape index (κ3) is 3.87. The molecule has 1 aliphatic rings. The summed E-state index contributed by atoms with van der Waals surface area (Å²) in [4.78, 5) is 12.0. The first kappa shape index (κ1) is 13.6. The van der Waals surface area contributed by atoms with Gasteiger partial charge in [0.1, 0.15) is 0 Å². The van der Waals surface area contributed by atoms with Gasteiger partial charge in [0.15, 0.2) is 0 Å². The quantitative estimate of drug-likeness (QED) is 0.731. The summed E-state index contributed by atoms with van der Waals surface area (Å²) < 4.78 is 10.9. The lowest BCUT2D eigenvalue weighted by Gasteiger charge is -2.24. The first-order chi connectivity index (χ1) is 7.44. The minimum Gasteiger partial charge on any atom is -0.353 e. The highest BCUT2D eigenvalue weighted by Crippen LogP contribution is 2.24. The summed E-state index contributed by atoms with van der Waals surface area (Å²) in [6.45, 7) is 5.63. The van der Waals surface area contributed by atoms with E-state index >= 15 is 0 Å². The number of hydrogen-bond donors (Lipinski definition) is 2. The third-order valence-electron chi connectivity index (χ3n) is 3.13. The number of carbonyl (C=O) groups is 1. The molecule has 0 aromatic rings. The molecule has 1 rings (SSSR count). The summed E-state index contributed by atoms with van der Waals surface area (Å²) in [5.41, 5.74) is -0.264. The zero-order valence-corrected chi connectivity index (χ0v) is 11.2. The molecule has 0 aromatic heterocycles. The van der Waals surface area contributed by atoms with Gasteiger partial charge in [-0.15, -0.1) is 0 Å². The van der Waals surface area contributed by atoms with Crippen molar-refractivity contribution < 1.29 is 9.00 Å². The minimum absolute atomic E-state index is 0.105. The second-order valence-corrected chi connectivity index (χ2v) is 6.48. The van der Waals surface area contributed by atoms with E-state index in [4.69, 9.17) is 0 Å². The van der Waals surface area contributed by atoms with Crippen molar-refractivity contribution >= 4 is 16.7 Å². The van der Waals surface area contributed by atoms with Gasteiger partial charge in [-0.05, 0) is 33.2 Å². The highest BCUT2D eigenvalue weighted by molar-refractivity contribution is 7.84. The Labute approximate surface area is 100 Å². The largest absolute Gasteiger partial charge is 0.353 e. The highest BCUT2D eigenvalue weighted by Gasteiger charge is 2.36. The predicted molar refractivity (Wildman–Crippen MR) is 66.7 cm³/mol. The van der Waals surface area contributed by atoms with Crippen molar-refractivity contribution in [1.29, 1.82) is 0 Å². The van der Waals surface area contributed by atoms with E-state index in [-0.39, 0.29) is 17.4 Å². The van der Waals surface area contributed by atoms with Crippen molar-refractivity contribution in [3.8, 4) is 0 Å². The lowest BCUT2D eigenvalue weighted by atomic mass is 9.88. The molecule has 0 radical (unpaired) electrons. The Hall–Kier alpha value is -0.420. The predicted octanol–water partition coefficient (Wildman–Crippen LogP) is 0.259. The van der Waals surface area contributed by atoms with Gasteiger partial charge in [0.2, 0.25) is 5.91 Å². The molecule has 2 N–H and O–H groups in total. The Morgan fingerprint density at radius 2 is 2.31 bits per heavy atom. The van der Waals surface area contributed by atoms with Gasteiger partial charge in [-0.2, -0.15) is 0 Å². The van der Waals surface area contributed by atoms with Crippen molar-refractivity contribution in [2.45, 2.75) is 32.7 Å². The van der Waals surface area contributed by atoms with Gasteiger partial charge in [0.25, 0.3) is 0 Å². The zero-order valence-electron chi connectivity index (χ0n) is 10.3. The summed E-state index contributed by atoms with van der Waals surface area (Å²) in [5, 5.41) is 6.21. The molecule has 1 aliphatic heterocycles. The summed E-state index contributed by atoms with van der Waals surface area (Å²) >= 11 is 0. The van der Waals surface area contributed by atoms with Crippen LogP contribution in [0.15, 0.2) is 0 Å². The van der Waals surface area contributed by atoms with Crippen molar-refractivity contribution in [3.63, 3.8) is 0 Å². The Balaban J connectivity index is 2.35. The van der Waals surface area contributed by atoms with E-state index in [0.717, 1.165) is 25.9 Å². The average molecular weight is 246 g/mol. The van der Waals surface area contributed by atoms with Crippen LogP contribution in [0.4, 0.5) is 0 Å². The van der Waals surface area contributed by atoms with Crippen LogP contribution < -0.4 is 10.6 Å². The van der Waals surface area contributed by atoms with Crippen molar-refractivity contribution in [2.24, 2.45) is 5.41 Å². The summed E-state index contributed by atoms with van der Waals surface area (Å²) in [5.74, 6) is 0.767. The lowest BCUT2D eigenvalue weighted by Crippen LogP contribution is -2.44. The van der Waals surface area contributed by atoms with Crippen LogP contribution in [-0.4, -0.2) is 41.3 Å². The maximum atomic E-state index is 12.0. The number of carbonyl (C=O) groups excluding carboxylic acids is 1. The second-order valence-electron chi connectivity index (χ2n) is 4.93. The van der Waals surface area contributed by atoms with Gasteiger partial charge < -0.3 is 10.6 Å². The van der Waals surface area contributed by atoms with E-state index in [1.54, 1.807) is 6.26 Å². The lowest BCUT2D eigenvalue weighted by molar-refractivity contribution is -0.129. The van der Waals surface area contributed by atoms with Gasteiger partial charge in [-0.3, -0.25) is 9.00 Å². The summed E-state index contributed by atoms with van der Waals surface area (Å²) in [6, 6.07) is 0.105. The van der Waals surface area contributed by atoms with Gasteiger partial charge in [0.05, 0.1) is 5.41 Å². The molecule has 16 heavy (non-hydrogen) atoms. The molecule has 0 saturated carbocycles. The Bertz CT molecular complexity index is 275. The molecule has 0 aromatic carbocycles. The number of nitrogens with one attached hydrogen (secondary N) is 2. The molecule has 5 heteroatoms. The molecule has 1 amide bonds. The number of hydrogen-bond acceptors (Lipinski definition) is 3. The molecule has 3 unspecified atom stereocenters. The van der Waals surface area contributed by atoms with Crippen molar-refractivity contribution in [1.82, 2.24) is 10.6 Å². The highest BCUT2D eigenvalue weighted by atomic mass is 32.2. The number of rotatable bonds is 5. The summed E-state index contributed by atoms with van der Waals surface area (Å²) in [7, 11) is -0.777. The fraction of sp³-hybridized carbons (Fsp3) is 0.909. The number of amides is 1. The van der Waals surface area contributed by atoms with Crippen LogP contribution >= 0.6 is 0 Å². The van der Waals surface area contributed by atoms with Crippen molar-refractivity contribution in [2.75, 3.05) is 25.1 Å². The smallest absolute Gasteiger partial charge is 0.227 e. The maximum Gasteiger partial charge on any atom is 0.227 e. The Kier molecular flexibility index (Phi) is 4.92. The molecule has 0 aliphatic carbocycles. The zero-order chi connectivity index (χ0) is 12.2. The Morgan fingerprint density at radius 3 is 2.81 bits per heavy atom. The van der Waals surface area contributed by atoms with E-state index in [2.05, 4.69) is 10.6 Å². The Morgan fingerprint density at radius 1 is 1.62 bits per heavy atom. The van der Waals surface area contributed by atoms with E-state index in [9.17, 15) is 9.00 Å². The summed E-state index contributed by atoms with van der Waals surface area (Å²) in [6.07, 6.45) is 3.36. The van der Waals surface area contributed by atoms with E-state index < -0.39 is 10.8 Å². The normalized spacial score (nSPS) is 28.7. The third-order valence-corrected chi connectivity index (χ3v) is 3.94. The molecular formula is C11H22N2O2S. The minimum atomic E-state index is -0.777. The molecule has 1 fully saturated rings. The molecule has 94 valence electrons. The van der Waals surface area contributed by atoms with Gasteiger partial charge in [-0.25, -0.2) is 0 Å². The van der Waals surface area contributed by atoms with Crippen LogP contribution in [0.25, 0.3) is 0 Å². The van der Waals surface area contributed by atoms with Crippen LogP contribution in [0.5, 0.6) is 0 Å². The molecule has 1 heterocycles. The van der Waals surface area contributed by atoms with Gasteiger partial charge in [-0.1, -0.05) is 0 Å². The van der Waals surface area contributed by atoms with Crippen LogP contribution in [0.1, 0.15) is 26.7 Å².